The third-order valence-electron chi connectivity index (χ3n) is 4.06. The zero-order chi connectivity index (χ0) is 15.8. The average molecular weight is 302 g/mol. The summed E-state index contributed by atoms with van der Waals surface area (Å²) in [4.78, 5) is 0. The zero-order valence-corrected chi connectivity index (χ0v) is 14.8. The number of aliphatic hydroxyl groups is 1. The molecule has 1 unspecified atom stereocenters. The van der Waals surface area contributed by atoms with Gasteiger partial charge in [-0.3, -0.25) is 0 Å². The summed E-state index contributed by atoms with van der Waals surface area (Å²) in [6.45, 7) is 9.49. The third-order valence-corrected chi connectivity index (χ3v) is 4.06. The molecule has 1 atom stereocenters. The van der Waals surface area contributed by atoms with E-state index in [-0.39, 0.29) is 12.1 Å². The molecular formula is C18H39NO2. The van der Waals surface area contributed by atoms with Gasteiger partial charge in [-0.25, -0.2) is 0 Å². The first-order valence-electron chi connectivity index (χ1n) is 9.12. The fraction of sp³-hybridized carbons (Fsp3) is 1.00. The number of aliphatic hydroxyl groups excluding tert-OH is 1. The van der Waals surface area contributed by atoms with Crippen LogP contribution in [-0.4, -0.2) is 37.0 Å². The molecule has 0 rings (SSSR count). The predicted molar refractivity (Wildman–Crippen MR) is 91.8 cm³/mol. The van der Waals surface area contributed by atoms with Crippen molar-refractivity contribution in [3.8, 4) is 0 Å². The lowest BCUT2D eigenvalue weighted by Crippen LogP contribution is -2.46. The van der Waals surface area contributed by atoms with Crippen molar-refractivity contribution in [2.75, 3.05) is 26.4 Å². The number of unbranched alkanes of at least 4 members (excludes halogenated alkanes) is 6. The number of ether oxygens (including phenoxy) is 1. The van der Waals surface area contributed by atoms with E-state index in [0.717, 1.165) is 45.4 Å². The number of nitrogens with one attached hydrogen (secondary N) is 1. The molecule has 0 spiro atoms. The van der Waals surface area contributed by atoms with Crippen LogP contribution in [0, 0.1) is 0 Å². The van der Waals surface area contributed by atoms with Crippen molar-refractivity contribution in [3.05, 3.63) is 0 Å². The van der Waals surface area contributed by atoms with Crippen LogP contribution in [0.1, 0.15) is 85.0 Å². The molecule has 0 aromatic rings. The molecule has 21 heavy (non-hydrogen) atoms. The van der Waals surface area contributed by atoms with Gasteiger partial charge in [0.1, 0.15) is 0 Å². The summed E-state index contributed by atoms with van der Waals surface area (Å²) in [7, 11) is 0. The van der Waals surface area contributed by atoms with Crippen LogP contribution in [0.3, 0.4) is 0 Å². The highest BCUT2D eigenvalue weighted by molar-refractivity contribution is 4.81. The van der Waals surface area contributed by atoms with E-state index in [1.807, 2.05) is 0 Å². The van der Waals surface area contributed by atoms with Gasteiger partial charge < -0.3 is 15.2 Å². The second-order valence-corrected chi connectivity index (χ2v) is 6.48. The molecule has 0 saturated carbocycles. The minimum absolute atomic E-state index is 0.116. The van der Waals surface area contributed by atoms with Gasteiger partial charge in [0.25, 0.3) is 0 Å². The first-order chi connectivity index (χ1) is 10.2. The Hall–Kier alpha value is -0.120. The van der Waals surface area contributed by atoms with Gasteiger partial charge in [-0.2, -0.15) is 0 Å². The SMILES string of the molecule is CCCCCCCCOCCCCC(C)(CO)NCCC. The van der Waals surface area contributed by atoms with Crippen molar-refractivity contribution in [1.29, 1.82) is 0 Å². The highest BCUT2D eigenvalue weighted by Crippen LogP contribution is 2.13. The van der Waals surface area contributed by atoms with Crippen LogP contribution in [0.5, 0.6) is 0 Å². The van der Waals surface area contributed by atoms with Gasteiger partial charge in [0, 0.05) is 18.8 Å². The van der Waals surface area contributed by atoms with Crippen molar-refractivity contribution in [3.63, 3.8) is 0 Å². The Morgan fingerprint density at radius 1 is 0.857 bits per heavy atom. The van der Waals surface area contributed by atoms with Gasteiger partial charge in [0.05, 0.1) is 6.61 Å². The second kappa shape index (κ2) is 14.8. The Labute approximate surface area is 132 Å². The summed E-state index contributed by atoms with van der Waals surface area (Å²) in [6.07, 6.45) is 12.3. The molecule has 0 saturated heterocycles. The summed E-state index contributed by atoms with van der Waals surface area (Å²) in [5.74, 6) is 0. The molecule has 0 heterocycles. The van der Waals surface area contributed by atoms with Gasteiger partial charge in [-0.1, -0.05) is 46.0 Å². The van der Waals surface area contributed by atoms with Crippen molar-refractivity contribution >= 4 is 0 Å². The molecular weight excluding hydrogens is 262 g/mol. The van der Waals surface area contributed by atoms with Crippen molar-refractivity contribution in [1.82, 2.24) is 5.32 Å². The lowest BCUT2D eigenvalue weighted by atomic mass is 9.95. The standard InChI is InChI=1S/C18H39NO2/c1-4-6-7-8-9-11-15-21-16-12-10-13-18(3,17-20)19-14-5-2/h19-20H,4-17H2,1-3H3. The molecule has 0 aromatic carbocycles. The van der Waals surface area contributed by atoms with Crippen LogP contribution in [-0.2, 0) is 4.74 Å². The van der Waals surface area contributed by atoms with E-state index < -0.39 is 0 Å². The summed E-state index contributed by atoms with van der Waals surface area (Å²) in [6, 6.07) is 0. The summed E-state index contributed by atoms with van der Waals surface area (Å²) >= 11 is 0. The van der Waals surface area contributed by atoms with E-state index >= 15 is 0 Å². The Balaban J connectivity index is 3.34. The molecule has 0 amide bonds. The van der Waals surface area contributed by atoms with Crippen LogP contribution >= 0.6 is 0 Å². The first kappa shape index (κ1) is 20.9. The zero-order valence-electron chi connectivity index (χ0n) is 14.8. The van der Waals surface area contributed by atoms with Crippen LogP contribution in [0.4, 0.5) is 0 Å². The topological polar surface area (TPSA) is 41.5 Å². The van der Waals surface area contributed by atoms with Crippen LogP contribution in [0.2, 0.25) is 0 Å². The monoisotopic (exact) mass is 301 g/mol. The maximum Gasteiger partial charge on any atom is 0.0610 e. The van der Waals surface area contributed by atoms with Crippen molar-refractivity contribution in [2.24, 2.45) is 0 Å². The van der Waals surface area contributed by atoms with E-state index in [1.54, 1.807) is 0 Å². The van der Waals surface area contributed by atoms with Crippen molar-refractivity contribution < 1.29 is 9.84 Å². The molecule has 0 aliphatic heterocycles. The van der Waals surface area contributed by atoms with E-state index in [4.69, 9.17) is 4.74 Å². The van der Waals surface area contributed by atoms with Gasteiger partial charge >= 0.3 is 0 Å². The summed E-state index contributed by atoms with van der Waals surface area (Å²) in [5, 5.41) is 12.9. The third kappa shape index (κ3) is 13.3. The Morgan fingerprint density at radius 3 is 2.10 bits per heavy atom. The van der Waals surface area contributed by atoms with Crippen molar-refractivity contribution in [2.45, 2.75) is 90.5 Å². The lowest BCUT2D eigenvalue weighted by molar-refractivity contribution is 0.118. The quantitative estimate of drug-likeness (QED) is 0.418. The normalized spacial score (nSPS) is 14.3. The van der Waals surface area contributed by atoms with E-state index in [0.29, 0.717) is 0 Å². The smallest absolute Gasteiger partial charge is 0.0610 e. The average Bonchev–Trinajstić information content (AvgIpc) is 2.50. The van der Waals surface area contributed by atoms with Gasteiger partial charge in [-0.05, 0) is 45.6 Å². The van der Waals surface area contributed by atoms with Crippen LogP contribution < -0.4 is 5.32 Å². The molecule has 3 nitrogen and oxygen atoms in total. The minimum Gasteiger partial charge on any atom is -0.394 e. The molecule has 0 aliphatic rings. The molecule has 2 N–H and O–H groups in total. The fourth-order valence-corrected chi connectivity index (χ4v) is 2.46. The molecule has 0 aromatic heterocycles. The van der Waals surface area contributed by atoms with Gasteiger partial charge in [0.15, 0.2) is 0 Å². The Morgan fingerprint density at radius 2 is 1.48 bits per heavy atom. The Bertz CT molecular complexity index is 211. The molecule has 0 bridgehead atoms. The predicted octanol–water partition coefficient (Wildman–Crippen LogP) is 4.28. The minimum atomic E-state index is -0.116. The van der Waals surface area contributed by atoms with Crippen LogP contribution in [0.15, 0.2) is 0 Å². The van der Waals surface area contributed by atoms with E-state index in [2.05, 4.69) is 26.1 Å². The lowest BCUT2D eigenvalue weighted by Gasteiger charge is -2.28. The molecule has 0 aliphatic carbocycles. The largest absolute Gasteiger partial charge is 0.394 e. The molecule has 0 radical (unpaired) electrons. The fourth-order valence-electron chi connectivity index (χ4n) is 2.46. The number of hydrogen-bond donors (Lipinski definition) is 2. The Kier molecular flexibility index (Phi) is 14.7. The highest BCUT2D eigenvalue weighted by atomic mass is 16.5. The van der Waals surface area contributed by atoms with Gasteiger partial charge in [-0.15, -0.1) is 0 Å². The molecule has 3 heteroatoms. The highest BCUT2D eigenvalue weighted by Gasteiger charge is 2.21. The second-order valence-electron chi connectivity index (χ2n) is 6.48. The van der Waals surface area contributed by atoms with E-state index in [9.17, 15) is 5.11 Å². The maximum atomic E-state index is 9.48. The van der Waals surface area contributed by atoms with E-state index in [1.165, 1.54) is 38.5 Å². The summed E-state index contributed by atoms with van der Waals surface area (Å²) < 4.78 is 5.69. The number of hydrogen-bond acceptors (Lipinski definition) is 3. The first-order valence-corrected chi connectivity index (χ1v) is 9.12. The maximum absolute atomic E-state index is 9.48. The number of rotatable bonds is 16. The van der Waals surface area contributed by atoms with Crippen LogP contribution in [0.25, 0.3) is 0 Å². The molecule has 0 fully saturated rings. The summed E-state index contributed by atoms with van der Waals surface area (Å²) in [5.41, 5.74) is -0.116. The van der Waals surface area contributed by atoms with Gasteiger partial charge in [0.2, 0.25) is 0 Å². The molecule has 128 valence electrons.